The van der Waals surface area contributed by atoms with Gasteiger partial charge in [0, 0.05) is 24.6 Å². The lowest BCUT2D eigenvalue weighted by Crippen LogP contribution is -2.25. The highest BCUT2D eigenvalue weighted by molar-refractivity contribution is 9.10. The van der Waals surface area contributed by atoms with E-state index in [4.69, 9.17) is 9.15 Å². The first-order chi connectivity index (χ1) is 11.5. The number of hydrogen-bond donors (Lipinski definition) is 0. The molecule has 0 unspecified atom stereocenters. The fourth-order valence-electron chi connectivity index (χ4n) is 2.19. The van der Waals surface area contributed by atoms with Crippen molar-refractivity contribution in [1.82, 2.24) is 4.90 Å². The maximum Gasteiger partial charge on any atom is 0.414 e. The number of carbonyl (C=O) groups is 1. The molecule has 1 heterocycles. The molecule has 3 rings (SSSR count). The first kappa shape index (κ1) is 16.3. The van der Waals surface area contributed by atoms with Crippen molar-refractivity contribution in [2.45, 2.75) is 0 Å². The van der Waals surface area contributed by atoms with Gasteiger partial charge in [0.2, 0.25) is 0 Å². The van der Waals surface area contributed by atoms with Crippen LogP contribution in [-0.4, -0.2) is 25.1 Å². The van der Waals surface area contributed by atoms with Crippen molar-refractivity contribution in [1.29, 1.82) is 0 Å². The van der Waals surface area contributed by atoms with E-state index in [1.165, 1.54) is 17.2 Å². The van der Waals surface area contributed by atoms with E-state index >= 15 is 0 Å². The van der Waals surface area contributed by atoms with E-state index < -0.39 is 6.09 Å². The number of nitrogens with zero attached hydrogens (tertiary/aromatic N) is 1. The summed E-state index contributed by atoms with van der Waals surface area (Å²) in [4.78, 5) is 25.6. The zero-order chi connectivity index (χ0) is 17.3. The molecule has 24 heavy (non-hydrogen) atoms. The topological polar surface area (TPSA) is 59.8 Å². The van der Waals surface area contributed by atoms with Gasteiger partial charge in [0.15, 0.2) is 5.43 Å². The lowest BCUT2D eigenvalue weighted by atomic mass is 10.1. The Morgan fingerprint density at radius 1 is 1.12 bits per heavy atom. The van der Waals surface area contributed by atoms with Gasteiger partial charge in [-0.15, -0.1) is 0 Å². The van der Waals surface area contributed by atoms with Crippen LogP contribution in [0.3, 0.4) is 0 Å². The molecule has 0 radical (unpaired) electrons. The lowest BCUT2D eigenvalue weighted by Gasteiger charge is -2.11. The molecule has 2 aromatic carbocycles. The number of fused-ring (bicyclic) bond motifs is 1. The number of benzene rings is 2. The first-order valence-electron chi connectivity index (χ1n) is 7.16. The normalized spacial score (nSPS) is 10.6. The maximum absolute atomic E-state index is 12.7. The summed E-state index contributed by atoms with van der Waals surface area (Å²) in [5.41, 5.74) is 1.49. The number of ether oxygens (including phenoxy) is 1. The minimum Gasteiger partial charge on any atom is -0.463 e. The summed E-state index contributed by atoms with van der Waals surface area (Å²) in [7, 11) is 3.18. The van der Waals surface area contributed by atoms with Crippen LogP contribution in [0.5, 0.6) is 5.75 Å². The predicted octanol–water partition coefficient (Wildman–Crippen LogP) is 4.28. The summed E-state index contributed by atoms with van der Waals surface area (Å²) in [6.07, 6.45) is 0.925. The van der Waals surface area contributed by atoms with Gasteiger partial charge in [-0.05, 0) is 29.8 Å². The Balaban J connectivity index is 2.02. The monoisotopic (exact) mass is 387 g/mol. The maximum atomic E-state index is 12.7. The second kappa shape index (κ2) is 6.49. The molecular weight excluding hydrogens is 374 g/mol. The van der Waals surface area contributed by atoms with E-state index in [0.717, 1.165) is 10.0 Å². The molecule has 1 amide bonds. The fraction of sp³-hybridized carbons (Fsp3) is 0.111. The Morgan fingerprint density at radius 3 is 2.50 bits per heavy atom. The molecule has 0 fully saturated rings. The Morgan fingerprint density at radius 2 is 1.83 bits per heavy atom. The van der Waals surface area contributed by atoms with Gasteiger partial charge in [-0.2, -0.15) is 0 Å². The molecule has 0 atom stereocenters. The predicted molar refractivity (Wildman–Crippen MR) is 95.3 cm³/mol. The molecule has 0 bridgehead atoms. The highest BCUT2D eigenvalue weighted by atomic mass is 79.9. The van der Waals surface area contributed by atoms with E-state index in [1.54, 1.807) is 26.2 Å². The molecule has 5 nitrogen and oxygen atoms in total. The summed E-state index contributed by atoms with van der Waals surface area (Å²) >= 11 is 3.37. The van der Waals surface area contributed by atoms with Crippen molar-refractivity contribution >= 4 is 33.0 Å². The van der Waals surface area contributed by atoms with Crippen LogP contribution in [0.25, 0.3) is 22.1 Å². The molecule has 0 N–H and O–H groups in total. The van der Waals surface area contributed by atoms with Crippen LogP contribution in [0, 0.1) is 0 Å². The summed E-state index contributed by atoms with van der Waals surface area (Å²) in [6, 6.07) is 12.1. The molecule has 0 saturated carbocycles. The highest BCUT2D eigenvalue weighted by Crippen LogP contribution is 2.24. The van der Waals surface area contributed by atoms with Crippen molar-refractivity contribution in [3.63, 3.8) is 0 Å². The smallest absolute Gasteiger partial charge is 0.414 e. The van der Waals surface area contributed by atoms with Crippen molar-refractivity contribution < 1.29 is 13.9 Å². The van der Waals surface area contributed by atoms with Gasteiger partial charge >= 0.3 is 6.09 Å². The molecule has 122 valence electrons. The third kappa shape index (κ3) is 3.19. The van der Waals surface area contributed by atoms with Crippen LogP contribution in [-0.2, 0) is 0 Å². The standard InChI is InChI=1S/C18H14BrNO4/c1-20(2)18(22)24-13-7-8-14-16(9-13)23-10-15(17(14)21)11-3-5-12(19)6-4-11/h3-10H,1-2H3. The number of halogens is 1. The third-order valence-corrected chi connectivity index (χ3v) is 4.00. The summed E-state index contributed by atoms with van der Waals surface area (Å²) in [6.45, 7) is 0. The molecule has 1 aromatic heterocycles. The van der Waals surface area contributed by atoms with Crippen LogP contribution in [0.1, 0.15) is 0 Å². The van der Waals surface area contributed by atoms with E-state index in [-0.39, 0.29) is 5.43 Å². The van der Waals surface area contributed by atoms with Gasteiger partial charge in [-0.3, -0.25) is 4.79 Å². The fourth-order valence-corrected chi connectivity index (χ4v) is 2.46. The molecule has 0 aliphatic rings. The zero-order valence-electron chi connectivity index (χ0n) is 13.1. The van der Waals surface area contributed by atoms with Crippen LogP contribution >= 0.6 is 15.9 Å². The van der Waals surface area contributed by atoms with Crippen LogP contribution in [0.4, 0.5) is 4.79 Å². The first-order valence-corrected chi connectivity index (χ1v) is 7.95. The van der Waals surface area contributed by atoms with Gasteiger partial charge in [-0.25, -0.2) is 4.79 Å². The molecule has 0 saturated heterocycles. The molecule has 0 aliphatic carbocycles. The van der Waals surface area contributed by atoms with Crippen molar-refractivity contribution in [3.05, 3.63) is 63.4 Å². The zero-order valence-corrected chi connectivity index (χ0v) is 14.7. The summed E-state index contributed by atoms with van der Waals surface area (Å²) < 4.78 is 11.7. The third-order valence-electron chi connectivity index (χ3n) is 3.47. The SMILES string of the molecule is CN(C)C(=O)Oc1ccc2c(=O)c(-c3ccc(Br)cc3)coc2c1. The van der Waals surface area contributed by atoms with E-state index in [1.807, 2.05) is 24.3 Å². The van der Waals surface area contributed by atoms with Crippen molar-refractivity contribution in [2.24, 2.45) is 0 Å². The number of amides is 1. The number of carbonyl (C=O) groups excluding carboxylic acids is 1. The van der Waals surface area contributed by atoms with E-state index in [2.05, 4.69) is 15.9 Å². The van der Waals surface area contributed by atoms with Gasteiger partial charge in [0.1, 0.15) is 17.6 Å². The summed E-state index contributed by atoms with van der Waals surface area (Å²) in [5, 5.41) is 0.431. The average Bonchev–Trinajstić information content (AvgIpc) is 2.56. The van der Waals surface area contributed by atoms with E-state index in [0.29, 0.717) is 22.3 Å². The Bertz CT molecular complexity index is 961. The van der Waals surface area contributed by atoms with Gasteiger partial charge < -0.3 is 14.1 Å². The molecule has 0 aliphatic heterocycles. The highest BCUT2D eigenvalue weighted by Gasteiger charge is 2.12. The van der Waals surface area contributed by atoms with E-state index in [9.17, 15) is 9.59 Å². The van der Waals surface area contributed by atoms with Gasteiger partial charge in [-0.1, -0.05) is 28.1 Å². The van der Waals surface area contributed by atoms with Crippen LogP contribution in [0.2, 0.25) is 0 Å². The Labute approximate surface area is 146 Å². The number of hydrogen-bond acceptors (Lipinski definition) is 4. The van der Waals surface area contributed by atoms with Gasteiger partial charge in [0.05, 0.1) is 10.9 Å². The Kier molecular flexibility index (Phi) is 4.40. The lowest BCUT2D eigenvalue weighted by molar-refractivity contribution is 0.172. The van der Waals surface area contributed by atoms with Crippen LogP contribution < -0.4 is 10.2 Å². The Hall–Kier alpha value is -2.60. The second-order valence-electron chi connectivity index (χ2n) is 5.41. The average molecular weight is 388 g/mol. The molecule has 3 aromatic rings. The van der Waals surface area contributed by atoms with Crippen LogP contribution in [0.15, 0.2) is 62.4 Å². The second-order valence-corrected chi connectivity index (χ2v) is 6.32. The van der Waals surface area contributed by atoms with Gasteiger partial charge in [0.25, 0.3) is 0 Å². The van der Waals surface area contributed by atoms with Crippen molar-refractivity contribution in [3.8, 4) is 16.9 Å². The summed E-state index contributed by atoms with van der Waals surface area (Å²) in [5.74, 6) is 0.320. The minimum atomic E-state index is -0.497. The largest absolute Gasteiger partial charge is 0.463 e. The molecule has 0 spiro atoms. The molecule has 6 heteroatoms. The molecular formula is C18H14BrNO4. The number of rotatable bonds is 2. The quantitative estimate of drug-likeness (QED) is 0.658. The minimum absolute atomic E-state index is 0.135. The van der Waals surface area contributed by atoms with Crippen molar-refractivity contribution in [2.75, 3.05) is 14.1 Å².